The van der Waals surface area contributed by atoms with Crippen molar-refractivity contribution in [3.63, 3.8) is 0 Å². The van der Waals surface area contributed by atoms with Gasteiger partial charge in [0.05, 0.1) is 27.9 Å². The van der Waals surface area contributed by atoms with Crippen molar-refractivity contribution >= 4 is 32.6 Å². The van der Waals surface area contributed by atoms with E-state index in [1.807, 2.05) is 0 Å². The van der Waals surface area contributed by atoms with E-state index in [4.69, 9.17) is 0 Å². The lowest BCUT2D eigenvalue weighted by Crippen LogP contribution is -2.46. The summed E-state index contributed by atoms with van der Waals surface area (Å²) < 4.78 is 5.00. The molecule has 3 heterocycles. The zero-order valence-corrected chi connectivity index (χ0v) is 25.5. The van der Waals surface area contributed by atoms with Gasteiger partial charge in [0.1, 0.15) is 0 Å². The van der Waals surface area contributed by atoms with Gasteiger partial charge in [-0.1, -0.05) is 86.7 Å². The number of benzene rings is 5. The fourth-order valence-electron chi connectivity index (χ4n) is 8.47. The van der Waals surface area contributed by atoms with Crippen LogP contribution in [0.5, 0.6) is 0 Å². The summed E-state index contributed by atoms with van der Waals surface area (Å²) >= 11 is 0. The molecule has 0 N–H and O–H groups in total. The number of fused-ring (bicyclic) bond motifs is 11. The molecule has 0 radical (unpaired) electrons. The fraction of sp³-hybridized carbons (Fsp3) is 0.167. The summed E-state index contributed by atoms with van der Waals surface area (Å²) in [4.78, 5) is 0. The number of aromatic nitrogens is 2. The van der Waals surface area contributed by atoms with Crippen molar-refractivity contribution in [2.75, 3.05) is 0 Å². The Bertz CT molecular complexity index is 2330. The lowest BCUT2D eigenvalue weighted by Gasteiger charge is -2.29. The molecule has 0 spiro atoms. The number of allylic oxidation sites excluding steroid dienone is 1. The average molecular weight is 568 g/mol. The van der Waals surface area contributed by atoms with Crippen LogP contribution in [-0.2, 0) is 5.41 Å². The predicted octanol–water partition coefficient (Wildman–Crippen LogP) is 10.4. The normalized spacial score (nSPS) is 17.8. The summed E-state index contributed by atoms with van der Waals surface area (Å²) in [5.74, 6) is 0.371. The van der Waals surface area contributed by atoms with Gasteiger partial charge in [-0.2, -0.15) is 4.57 Å². The molecule has 2 unspecified atom stereocenters. The molecule has 0 fully saturated rings. The topological polar surface area (TPSA) is 8.81 Å². The van der Waals surface area contributed by atoms with E-state index in [1.54, 1.807) is 0 Å². The zero-order valence-electron chi connectivity index (χ0n) is 25.5. The summed E-state index contributed by atoms with van der Waals surface area (Å²) in [5, 5.41) is 5.18. The van der Waals surface area contributed by atoms with Crippen molar-refractivity contribution in [2.45, 2.75) is 44.6 Å². The van der Waals surface area contributed by atoms with Crippen LogP contribution in [0.15, 0.2) is 128 Å². The van der Waals surface area contributed by atoms with Gasteiger partial charge in [-0.25, -0.2) is 0 Å². The molecule has 9 rings (SSSR count). The highest BCUT2D eigenvalue weighted by atomic mass is 15.0. The van der Waals surface area contributed by atoms with Gasteiger partial charge in [-0.15, -0.1) is 6.58 Å². The Morgan fingerprint density at radius 3 is 2.36 bits per heavy atom. The minimum Gasteiger partial charge on any atom is -0.309 e. The van der Waals surface area contributed by atoms with Crippen molar-refractivity contribution in [3.05, 3.63) is 145 Å². The monoisotopic (exact) mass is 567 g/mol. The van der Waals surface area contributed by atoms with Crippen molar-refractivity contribution in [3.8, 4) is 28.1 Å². The smallest absolute Gasteiger partial charge is 0.221 e. The molecule has 44 heavy (non-hydrogen) atoms. The van der Waals surface area contributed by atoms with Gasteiger partial charge in [0.15, 0.2) is 12.2 Å². The Morgan fingerprint density at radius 2 is 1.50 bits per heavy atom. The van der Waals surface area contributed by atoms with E-state index in [2.05, 4.69) is 158 Å². The molecule has 2 atom stereocenters. The van der Waals surface area contributed by atoms with E-state index in [0.717, 1.165) is 6.42 Å². The molecule has 5 aromatic carbocycles. The van der Waals surface area contributed by atoms with E-state index in [9.17, 15) is 0 Å². The Kier molecular flexibility index (Phi) is 5.24. The van der Waals surface area contributed by atoms with Gasteiger partial charge in [0, 0.05) is 27.9 Å². The lowest BCUT2D eigenvalue weighted by atomic mass is 9.80. The molecule has 1 aliphatic heterocycles. The van der Waals surface area contributed by atoms with Crippen LogP contribution in [-0.4, -0.2) is 4.57 Å². The maximum atomic E-state index is 4.14. The number of para-hydroxylation sites is 1. The van der Waals surface area contributed by atoms with E-state index < -0.39 is 0 Å². The Balaban J connectivity index is 1.35. The molecule has 2 aromatic heterocycles. The summed E-state index contributed by atoms with van der Waals surface area (Å²) in [6.07, 6.45) is 5.32. The number of hydrogen-bond donors (Lipinski definition) is 0. The first-order chi connectivity index (χ1) is 21.5. The van der Waals surface area contributed by atoms with Crippen molar-refractivity contribution in [2.24, 2.45) is 0 Å². The highest BCUT2D eigenvalue weighted by Crippen LogP contribution is 2.51. The van der Waals surface area contributed by atoms with E-state index in [-0.39, 0.29) is 5.41 Å². The first-order valence-electron chi connectivity index (χ1n) is 15.8. The third-order valence-corrected chi connectivity index (χ3v) is 10.7. The second-order valence-corrected chi connectivity index (χ2v) is 13.2. The molecular formula is C42H35N2+. The standard InChI is InChI=1S/C42H35N2/c1-5-12-29-26(2)43-22-21-27-13-6-7-14-30(27)41(43)36-23-28(19-20-31(29)36)44-39-18-11-9-16-33(39)35-24-34-32-15-8-10-17-37(32)42(3,4)38(34)25-40(35)44/h5-11,13-26,29H,1,12H2,2-4H3/q+1. The highest BCUT2D eigenvalue weighted by molar-refractivity contribution is 6.11. The molecule has 1 aliphatic carbocycles. The van der Waals surface area contributed by atoms with E-state index in [1.165, 1.54) is 77.3 Å². The summed E-state index contributed by atoms with van der Waals surface area (Å²) in [6, 6.07) is 41.4. The number of nitrogens with zero attached hydrogens (tertiary/aromatic N) is 2. The second kappa shape index (κ2) is 9.03. The number of pyridine rings is 1. The Hall–Kier alpha value is -4.95. The van der Waals surface area contributed by atoms with Gasteiger partial charge in [0.2, 0.25) is 5.69 Å². The highest BCUT2D eigenvalue weighted by Gasteiger charge is 2.39. The van der Waals surface area contributed by atoms with Gasteiger partial charge >= 0.3 is 0 Å². The maximum absolute atomic E-state index is 4.14. The quantitative estimate of drug-likeness (QED) is 0.148. The van der Waals surface area contributed by atoms with E-state index >= 15 is 0 Å². The molecule has 0 amide bonds. The molecule has 2 nitrogen and oxygen atoms in total. The summed E-state index contributed by atoms with van der Waals surface area (Å²) in [6.45, 7) is 11.2. The Labute approximate surface area is 258 Å². The molecule has 212 valence electrons. The average Bonchev–Trinajstić information content (AvgIpc) is 3.50. The first-order valence-corrected chi connectivity index (χ1v) is 15.8. The predicted molar refractivity (Wildman–Crippen MR) is 184 cm³/mol. The number of rotatable bonds is 3. The molecular weight excluding hydrogens is 532 g/mol. The minimum atomic E-state index is -0.0558. The van der Waals surface area contributed by atoms with Gasteiger partial charge in [-0.05, 0) is 82.9 Å². The molecule has 2 aliphatic rings. The lowest BCUT2D eigenvalue weighted by molar-refractivity contribution is -0.713. The van der Waals surface area contributed by atoms with Gasteiger partial charge in [-0.3, -0.25) is 0 Å². The van der Waals surface area contributed by atoms with Crippen LogP contribution in [0.2, 0.25) is 0 Å². The van der Waals surface area contributed by atoms with Crippen molar-refractivity contribution in [1.82, 2.24) is 4.57 Å². The van der Waals surface area contributed by atoms with Gasteiger partial charge in [0.25, 0.3) is 0 Å². The van der Waals surface area contributed by atoms with Crippen LogP contribution >= 0.6 is 0 Å². The third kappa shape index (κ3) is 3.29. The van der Waals surface area contributed by atoms with Crippen molar-refractivity contribution < 1.29 is 4.57 Å². The molecule has 2 heteroatoms. The third-order valence-electron chi connectivity index (χ3n) is 10.7. The Morgan fingerprint density at radius 1 is 0.727 bits per heavy atom. The van der Waals surface area contributed by atoms with Crippen LogP contribution in [0.1, 0.15) is 55.8 Å². The number of hydrogen-bond acceptors (Lipinski definition) is 0. The van der Waals surface area contributed by atoms with Gasteiger partial charge < -0.3 is 4.57 Å². The summed E-state index contributed by atoms with van der Waals surface area (Å²) in [7, 11) is 0. The van der Waals surface area contributed by atoms with Crippen LogP contribution in [0.4, 0.5) is 0 Å². The molecule has 0 saturated carbocycles. The van der Waals surface area contributed by atoms with Crippen LogP contribution in [0.3, 0.4) is 0 Å². The maximum Gasteiger partial charge on any atom is 0.221 e. The molecule has 7 aromatic rings. The zero-order chi connectivity index (χ0) is 29.7. The molecule has 0 saturated heterocycles. The van der Waals surface area contributed by atoms with Crippen LogP contribution < -0.4 is 4.57 Å². The van der Waals surface area contributed by atoms with E-state index in [0.29, 0.717) is 12.0 Å². The van der Waals surface area contributed by atoms with Crippen LogP contribution in [0.25, 0.3) is 60.6 Å². The van der Waals surface area contributed by atoms with Crippen molar-refractivity contribution in [1.29, 1.82) is 0 Å². The SMILES string of the molecule is C=CCC1c2ccc(-n3c4ccccc4c4cc5c(cc43)C(C)(C)c3ccccc3-5)cc2-c2c3ccccc3cc[n+]2C1C. The fourth-order valence-corrected chi connectivity index (χ4v) is 8.47. The minimum absolute atomic E-state index is 0.0558. The second-order valence-electron chi connectivity index (χ2n) is 13.2. The largest absolute Gasteiger partial charge is 0.309 e. The summed E-state index contributed by atoms with van der Waals surface area (Å²) in [5.41, 5.74) is 13.3. The first kappa shape index (κ1) is 25.5. The molecule has 0 bridgehead atoms. The van der Waals surface area contributed by atoms with Crippen LogP contribution in [0, 0.1) is 0 Å².